The monoisotopic (exact) mass is 367 g/mol. The van der Waals surface area contributed by atoms with Crippen molar-refractivity contribution in [1.29, 1.82) is 0 Å². The van der Waals surface area contributed by atoms with E-state index in [-0.39, 0.29) is 29.0 Å². The van der Waals surface area contributed by atoms with Crippen molar-refractivity contribution in [2.75, 3.05) is 20.8 Å². The topological polar surface area (TPSA) is 75.5 Å². The van der Waals surface area contributed by atoms with Crippen molar-refractivity contribution in [3.63, 3.8) is 0 Å². The third-order valence-corrected chi connectivity index (χ3v) is 3.93. The van der Waals surface area contributed by atoms with E-state index in [9.17, 15) is 4.79 Å². The van der Waals surface area contributed by atoms with Gasteiger partial charge in [-0.25, -0.2) is 0 Å². The molecular formula is C17H22ClN3O4. The molecule has 0 saturated heterocycles. The van der Waals surface area contributed by atoms with E-state index in [4.69, 9.17) is 25.8 Å². The van der Waals surface area contributed by atoms with E-state index >= 15 is 0 Å². The summed E-state index contributed by atoms with van der Waals surface area (Å²) in [7, 11) is 2.90. The fourth-order valence-electron chi connectivity index (χ4n) is 2.19. The quantitative estimate of drug-likeness (QED) is 0.634. The third kappa shape index (κ3) is 5.09. The largest absolute Gasteiger partial charge is 0.493 e. The van der Waals surface area contributed by atoms with Gasteiger partial charge in [-0.3, -0.25) is 4.79 Å². The molecule has 136 valence electrons. The molecule has 0 spiro atoms. The molecule has 0 atom stereocenters. The van der Waals surface area contributed by atoms with Gasteiger partial charge in [-0.2, -0.15) is 9.97 Å². The highest BCUT2D eigenvalue weighted by Gasteiger charge is 2.15. The summed E-state index contributed by atoms with van der Waals surface area (Å²) >= 11 is 6.22. The van der Waals surface area contributed by atoms with Gasteiger partial charge >= 0.3 is 6.01 Å². The number of methoxy groups -OCH3 is 2. The summed E-state index contributed by atoms with van der Waals surface area (Å²) in [6, 6.07) is 3.33. The first-order chi connectivity index (χ1) is 12.1. The van der Waals surface area contributed by atoms with Crippen LogP contribution in [0.3, 0.4) is 0 Å². The van der Waals surface area contributed by atoms with Gasteiger partial charge in [-0.1, -0.05) is 31.4 Å². The van der Waals surface area contributed by atoms with Crippen molar-refractivity contribution in [3.05, 3.63) is 39.4 Å². The summed E-state index contributed by atoms with van der Waals surface area (Å²) in [6.07, 6.45) is 4.84. The highest BCUT2D eigenvalue weighted by Crippen LogP contribution is 2.27. The highest BCUT2D eigenvalue weighted by molar-refractivity contribution is 6.32. The second-order valence-corrected chi connectivity index (χ2v) is 5.74. The molecule has 2 heterocycles. The van der Waals surface area contributed by atoms with E-state index in [0.29, 0.717) is 18.1 Å². The van der Waals surface area contributed by atoms with Crippen LogP contribution in [0, 0.1) is 0 Å². The number of aromatic nitrogens is 3. The minimum Gasteiger partial charge on any atom is -0.493 e. The van der Waals surface area contributed by atoms with E-state index in [1.165, 1.54) is 24.9 Å². The van der Waals surface area contributed by atoms with Crippen LogP contribution in [0.2, 0.25) is 5.02 Å². The van der Waals surface area contributed by atoms with Gasteiger partial charge in [-0.05, 0) is 12.5 Å². The average molecular weight is 368 g/mol. The average Bonchev–Trinajstić information content (AvgIpc) is 2.62. The highest BCUT2D eigenvalue weighted by atomic mass is 35.5. The van der Waals surface area contributed by atoms with Crippen LogP contribution in [0.5, 0.6) is 17.6 Å². The zero-order valence-electron chi connectivity index (χ0n) is 14.6. The van der Waals surface area contributed by atoms with E-state index < -0.39 is 0 Å². The predicted molar refractivity (Wildman–Crippen MR) is 95.0 cm³/mol. The van der Waals surface area contributed by atoms with Crippen LogP contribution in [-0.2, 0) is 6.54 Å². The first-order valence-electron chi connectivity index (χ1n) is 8.06. The molecule has 0 amide bonds. The zero-order chi connectivity index (χ0) is 18.2. The molecule has 8 heteroatoms. The van der Waals surface area contributed by atoms with E-state index in [2.05, 4.69) is 16.9 Å². The number of rotatable bonds is 9. The Balaban J connectivity index is 2.16. The molecule has 0 N–H and O–H groups in total. The molecule has 0 aromatic carbocycles. The Kier molecular flexibility index (Phi) is 7.06. The number of hydrogen-bond donors (Lipinski definition) is 0. The summed E-state index contributed by atoms with van der Waals surface area (Å²) in [4.78, 5) is 20.5. The Morgan fingerprint density at radius 3 is 2.64 bits per heavy atom. The zero-order valence-corrected chi connectivity index (χ0v) is 15.4. The van der Waals surface area contributed by atoms with Crippen LogP contribution >= 0.6 is 11.6 Å². The van der Waals surface area contributed by atoms with Crippen molar-refractivity contribution < 1.29 is 14.2 Å². The Hall–Kier alpha value is -2.28. The van der Waals surface area contributed by atoms with Crippen LogP contribution in [0.15, 0.2) is 23.1 Å². The van der Waals surface area contributed by atoms with Crippen molar-refractivity contribution in [2.24, 2.45) is 0 Å². The maximum absolute atomic E-state index is 12.3. The number of halogens is 1. The molecule has 0 aliphatic rings. The molecule has 0 bridgehead atoms. The van der Waals surface area contributed by atoms with Gasteiger partial charge in [0, 0.05) is 12.3 Å². The van der Waals surface area contributed by atoms with Gasteiger partial charge in [0.1, 0.15) is 10.8 Å². The normalized spacial score (nSPS) is 10.6. The second kappa shape index (κ2) is 9.27. The first-order valence-corrected chi connectivity index (χ1v) is 8.44. The maximum Gasteiger partial charge on any atom is 0.319 e. The minimum absolute atomic E-state index is 0.125. The van der Waals surface area contributed by atoms with Gasteiger partial charge in [-0.15, -0.1) is 0 Å². The summed E-state index contributed by atoms with van der Waals surface area (Å²) in [5.41, 5.74) is 0.227. The van der Waals surface area contributed by atoms with E-state index in [1.54, 1.807) is 12.3 Å². The first kappa shape index (κ1) is 19.1. The van der Waals surface area contributed by atoms with Crippen LogP contribution in [0.1, 0.15) is 31.9 Å². The van der Waals surface area contributed by atoms with Gasteiger partial charge in [0.15, 0.2) is 0 Å². The SMILES string of the molecule is CCCCCOc1ccn(Cc2nc(OC)nc(OC)c2Cl)c(=O)c1. The fraction of sp³-hybridized carbons (Fsp3) is 0.471. The lowest BCUT2D eigenvalue weighted by Crippen LogP contribution is -2.20. The number of nitrogens with zero attached hydrogens (tertiary/aromatic N) is 3. The molecular weight excluding hydrogens is 346 g/mol. The Labute approximate surface area is 151 Å². The van der Waals surface area contributed by atoms with E-state index in [1.807, 2.05) is 0 Å². The molecule has 7 nitrogen and oxygen atoms in total. The summed E-state index contributed by atoms with van der Waals surface area (Å²) in [6.45, 7) is 2.90. The molecule has 0 aliphatic carbocycles. The van der Waals surface area contributed by atoms with Crippen LogP contribution < -0.4 is 19.8 Å². The summed E-state index contributed by atoms with van der Waals surface area (Å²) in [5.74, 6) is 0.758. The fourth-order valence-corrected chi connectivity index (χ4v) is 2.42. The Bertz CT molecular complexity index is 764. The van der Waals surface area contributed by atoms with Crippen molar-refractivity contribution in [3.8, 4) is 17.6 Å². The Morgan fingerprint density at radius 1 is 1.20 bits per heavy atom. The molecule has 0 unspecified atom stereocenters. The van der Waals surface area contributed by atoms with Crippen molar-refractivity contribution >= 4 is 11.6 Å². The van der Waals surface area contributed by atoms with Crippen molar-refractivity contribution in [2.45, 2.75) is 32.7 Å². The number of hydrogen-bond acceptors (Lipinski definition) is 6. The standard InChI is InChI=1S/C17H22ClN3O4/c1-4-5-6-9-25-12-7-8-21(14(22)10-12)11-13-15(18)16(23-2)20-17(19-13)24-3/h7-8,10H,4-6,9,11H2,1-3H3. The minimum atomic E-state index is -0.208. The van der Waals surface area contributed by atoms with Crippen LogP contribution in [0.25, 0.3) is 0 Å². The number of pyridine rings is 1. The van der Waals surface area contributed by atoms with Gasteiger partial charge in [0.05, 0.1) is 33.1 Å². The molecule has 0 saturated carbocycles. The number of ether oxygens (including phenoxy) is 3. The molecule has 25 heavy (non-hydrogen) atoms. The third-order valence-electron chi connectivity index (χ3n) is 3.55. The number of unbranched alkanes of at least 4 members (excludes halogenated alkanes) is 2. The van der Waals surface area contributed by atoms with Crippen LogP contribution in [-0.4, -0.2) is 35.4 Å². The predicted octanol–water partition coefficient (Wildman–Crippen LogP) is 2.93. The van der Waals surface area contributed by atoms with Gasteiger partial charge in [0.25, 0.3) is 5.56 Å². The molecule has 0 aliphatic heterocycles. The smallest absolute Gasteiger partial charge is 0.319 e. The Morgan fingerprint density at radius 2 is 2.00 bits per heavy atom. The second-order valence-electron chi connectivity index (χ2n) is 5.36. The molecule has 0 radical (unpaired) electrons. The maximum atomic E-state index is 12.3. The lowest BCUT2D eigenvalue weighted by atomic mass is 10.3. The molecule has 0 fully saturated rings. The molecule has 2 rings (SSSR count). The van der Waals surface area contributed by atoms with E-state index in [0.717, 1.165) is 19.3 Å². The van der Waals surface area contributed by atoms with Crippen molar-refractivity contribution in [1.82, 2.24) is 14.5 Å². The molecule has 2 aromatic heterocycles. The summed E-state index contributed by atoms with van der Waals surface area (Å²) in [5, 5.41) is 0.245. The summed E-state index contributed by atoms with van der Waals surface area (Å²) < 4.78 is 17.2. The molecule has 2 aromatic rings. The lowest BCUT2D eigenvalue weighted by molar-refractivity contribution is 0.305. The van der Waals surface area contributed by atoms with Gasteiger partial charge < -0.3 is 18.8 Å². The lowest BCUT2D eigenvalue weighted by Gasteiger charge is -2.11. The van der Waals surface area contributed by atoms with Crippen LogP contribution in [0.4, 0.5) is 0 Å². The van der Waals surface area contributed by atoms with Gasteiger partial charge in [0.2, 0.25) is 5.88 Å².